The van der Waals surface area contributed by atoms with E-state index in [2.05, 4.69) is 10.3 Å². The first kappa shape index (κ1) is 25.3. The van der Waals surface area contributed by atoms with Crippen molar-refractivity contribution in [1.29, 1.82) is 0 Å². The molecule has 4 rings (SSSR count). The van der Waals surface area contributed by atoms with Gasteiger partial charge in [0.1, 0.15) is 17.3 Å². The van der Waals surface area contributed by atoms with Gasteiger partial charge in [-0.3, -0.25) is 4.79 Å². The molecular weight excluding hydrogens is 473 g/mol. The minimum atomic E-state index is -3.33. The Morgan fingerprint density at radius 1 is 1.03 bits per heavy atom. The molecule has 9 heteroatoms. The number of fused-ring (bicyclic) bond motifs is 1. The number of ether oxygens (including phenoxy) is 1. The average molecular weight is 499 g/mol. The lowest BCUT2D eigenvalue weighted by molar-refractivity contribution is -0.0469. The summed E-state index contributed by atoms with van der Waals surface area (Å²) in [6.07, 6.45) is -0.245. The predicted molar refractivity (Wildman–Crippen MR) is 130 cm³/mol. The molecular formula is C27H25F3N2O4. The molecule has 4 N–H and O–H groups in total. The summed E-state index contributed by atoms with van der Waals surface area (Å²) in [4.78, 5) is 14.1. The number of aromatic hydroxyl groups is 1. The highest BCUT2D eigenvalue weighted by Crippen LogP contribution is 2.30. The van der Waals surface area contributed by atoms with Crippen LogP contribution in [-0.4, -0.2) is 34.9 Å². The Hall–Kier alpha value is -3.82. The first-order valence-corrected chi connectivity index (χ1v) is 11.3. The van der Waals surface area contributed by atoms with Crippen LogP contribution in [-0.2, 0) is 12.3 Å². The molecule has 0 saturated carbocycles. The number of phenolic OH excluding ortho intramolecular Hbond substituents is 1. The smallest absolute Gasteiger partial charge is 0.306 e. The lowest BCUT2D eigenvalue weighted by Crippen LogP contribution is -2.24. The first-order valence-electron chi connectivity index (χ1n) is 11.3. The molecule has 0 saturated heterocycles. The van der Waals surface area contributed by atoms with Crippen LogP contribution in [0, 0.1) is 5.82 Å². The maximum absolute atomic E-state index is 14.3. The second-order valence-electron chi connectivity index (χ2n) is 8.40. The van der Waals surface area contributed by atoms with Gasteiger partial charge in [-0.25, -0.2) is 4.39 Å². The van der Waals surface area contributed by atoms with Gasteiger partial charge in [0.05, 0.1) is 11.6 Å². The molecule has 1 aromatic heterocycles. The molecule has 0 amide bonds. The molecule has 0 radical (unpaired) electrons. The number of hydrogen-bond donors (Lipinski definition) is 4. The number of pyridine rings is 1. The molecule has 188 valence electrons. The number of rotatable bonds is 10. The van der Waals surface area contributed by atoms with Crippen LogP contribution >= 0.6 is 0 Å². The lowest BCUT2D eigenvalue weighted by atomic mass is 10.0. The van der Waals surface area contributed by atoms with Crippen molar-refractivity contribution < 1.29 is 28.1 Å². The molecule has 3 aromatic carbocycles. The summed E-state index contributed by atoms with van der Waals surface area (Å²) in [5.41, 5.74) is 0.993. The highest BCUT2D eigenvalue weighted by atomic mass is 19.3. The minimum absolute atomic E-state index is 0.0725. The van der Waals surface area contributed by atoms with E-state index in [1.54, 1.807) is 36.4 Å². The van der Waals surface area contributed by atoms with Crippen molar-refractivity contribution in [3.8, 4) is 11.5 Å². The van der Waals surface area contributed by atoms with E-state index in [-0.39, 0.29) is 29.1 Å². The third kappa shape index (κ3) is 6.05. The molecule has 0 spiro atoms. The van der Waals surface area contributed by atoms with Crippen LogP contribution in [0.25, 0.3) is 10.9 Å². The summed E-state index contributed by atoms with van der Waals surface area (Å²) in [6, 6.07) is 16.9. The summed E-state index contributed by atoms with van der Waals surface area (Å²) in [5, 5.41) is 24.3. The first-order chi connectivity index (χ1) is 17.2. The van der Waals surface area contributed by atoms with E-state index in [4.69, 9.17) is 4.74 Å². The molecule has 0 bridgehead atoms. The summed E-state index contributed by atoms with van der Waals surface area (Å²) in [6.45, 7) is -0.119. The van der Waals surface area contributed by atoms with Crippen molar-refractivity contribution in [2.45, 2.75) is 18.4 Å². The quantitative estimate of drug-likeness (QED) is 0.243. The van der Waals surface area contributed by atoms with Gasteiger partial charge in [-0.15, -0.1) is 0 Å². The van der Waals surface area contributed by atoms with E-state index in [9.17, 15) is 28.2 Å². The SMILES string of the molecule is O=c1ccc2c(C(O)CNCCc3ccc(OCC(F)(F)c4cccc(F)c4)cc3)ccc(O)c2[nH]1. The van der Waals surface area contributed by atoms with Gasteiger partial charge < -0.3 is 25.3 Å². The van der Waals surface area contributed by atoms with Gasteiger partial charge >= 0.3 is 5.92 Å². The number of aromatic amines is 1. The number of phenols is 1. The Balaban J connectivity index is 1.26. The maximum atomic E-state index is 14.3. The van der Waals surface area contributed by atoms with Gasteiger partial charge in [0.15, 0.2) is 6.61 Å². The van der Waals surface area contributed by atoms with Crippen LogP contribution in [0.3, 0.4) is 0 Å². The monoisotopic (exact) mass is 498 g/mol. The number of hydrogen-bond acceptors (Lipinski definition) is 5. The predicted octanol–water partition coefficient (Wildman–Crippen LogP) is 4.41. The van der Waals surface area contributed by atoms with E-state index < -0.39 is 30.0 Å². The Morgan fingerprint density at radius 2 is 1.81 bits per heavy atom. The summed E-state index contributed by atoms with van der Waals surface area (Å²) in [5.74, 6) is -3.86. The van der Waals surface area contributed by atoms with Gasteiger partial charge in [-0.05, 0) is 60.5 Å². The Labute approximate surface area is 205 Å². The molecule has 0 aliphatic heterocycles. The van der Waals surface area contributed by atoms with Crippen molar-refractivity contribution in [1.82, 2.24) is 10.3 Å². The number of aromatic nitrogens is 1. The number of benzene rings is 3. The maximum Gasteiger partial charge on any atom is 0.306 e. The molecule has 36 heavy (non-hydrogen) atoms. The zero-order valence-corrected chi connectivity index (χ0v) is 19.2. The van der Waals surface area contributed by atoms with Crippen LogP contribution in [0.5, 0.6) is 11.5 Å². The second kappa shape index (κ2) is 10.8. The number of aliphatic hydroxyl groups excluding tert-OH is 1. The molecule has 6 nitrogen and oxygen atoms in total. The van der Waals surface area contributed by atoms with Crippen LogP contribution in [0.15, 0.2) is 77.6 Å². The molecule has 0 fully saturated rings. The second-order valence-corrected chi connectivity index (χ2v) is 8.40. The standard InChI is InChI=1S/C27H25F3N2O4/c28-19-3-1-2-18(14-19)27(29,30)16-36-20-6-4-17(5-7-20)12-13-31-15-24(34)21-8-10-23(33)26-22(21)9-11-25(35)32-26/h1-11,14,24,31,33-34H,12-13,15-16H2,(H,32,35). The summed E-state index contributed by atoms with van der Waals surface area (Å²) < 4.78 is 47.0. The average Bonchev–Trinajstić information content (AvgIpc) is 2.86. The number of H-pyrrole nitrogens is 1. The van der Waals surface area contributed by atoms with Crippen molar-refractivity contribution in [3.05, 3.63) is 106 Å². The Kier molecular flexibility index (Phi) is 7.61. The zero-order chi connectivity index (χ0) is 25.7. The lowest BCUT2D eigenvalue weighted by Gasteiger charge is -2.18. The molecule has 4 aromatic rings. The van der Waals surface area contributed by atoms with Gasteiger partial charge in [0, 0.05) is 23.6 Å². The van der Waals surface area contributed by atoms with Crippen molar-refractivity contribution in [3.63, 3.8) is 0 Å². The fourth-order valence-corrected chi connectivity index (χ4v) is 3.86. The summed E-state index contributed by atoms with van der Waals surface area (Å²) in [7, 11) is 0. The molecule has 0 aliphatic carbocycles. The van der Waals surface area contributed by atoms with E-state index >= 15 is 0 Å². The third-order valence-electron chi connectivity index (χ3n) is 5.78. The highest BCUT2D eigenvalue weighted by molar-refractivity contribution is 5.87. The fourth-order valence-electron chi connectivity index (χ4n) is 3.86. The number of alkyl halides is 2. The Bertz CT molecular complexity index is 1390. The van der Waals surface area contributed by atoms with E-state index in [0.717, 1.165) is 23.8 Å². The zero-order valence-electron chi connectivity index (χ0n) is 19.2. The Morgan fingerprint density at radius 3 is 2.56 bits per heavy atom. The molecule has 0 aliphatic rings. The molecule has 1 unspecified atom stereocenters. The van der Waals surface area contributed by atoms with Crippen molar-refractivity contribution in [2.75, 3.05) is 19.7 Å². The van der Waals surface area contributed by atoms with Gasteiger partial charge in [0.25, 0.3) is 0 Å². The summed E-state index contributed by atoms with van der Waals surface area (Å²) >= 11 is 0. The number of halogens is 3. The van der Waals surface area contributed by atoms with E-state index in [1.165, 1.54) is 18.2 Å². The third-order valence-corrected chi connectivity index (χ3v) is 5.78. The van der Waals surface area contributed by atoms with E-state index in [0.29, 0.717) is 23.9 Å². The normalized spacial score (nSPS) is 12.6. The molecule has 1 atom stereocenters. The molecule has 1 heterocycles. The van der Waals surface area contributed by atoms with Gasteiger partial charge in [0.2, 0.25) is 5.56 Å². The minimum Gasteiger partial charge on any atom is -0.506 e. The van der Waals surface area contributed by atoms with Crippen LogP contribution in [0.1, 0.15) is 22.8 Å². The van der Waals surface area contributed by atoms with Crippen LogP contribution < -0.4 is 15.6 Å². The number of aliphatic hydroxyl groups is 1. The largest absolute Gasteiger partial charge is 0.506 e. The highest BCUT2D eigenvalue weighted by Gasteiger charge is 2.33. The van der Waals surface area contributed by atoms with Crippen molar-refractivity contribution >= 4 is 10.9 Å². The van der Waals surface area contributed by atoms with Gasteiger partial charge in [-0.1, -0.05) is 30.3 Å². The fraction of sp³-hybridized carbons (Fsp3) is 0.222. The van der Waals surface area contributed by atoms with Crippen LogP contribution in [0.2, 0.25) is 0 Å². The topological polar surface area (TPSA) is 94.6 Å². The van der Waals surface area contributed by atoms with Crippen molar-refractivity contribution in [2.24, 2.45) is 0 Å². The van der Waals surface area contributed by atoms with Crippen LogP contribution in [0.4, 0.5) is 13.2 Å². The number of nitrogens with one attached hydrogen (secondary N) is 2. The van der Waals surface area contributed by atoms with E-state index in [1.807, 2.05) is 0 Å². The van der Waals surface area contributed by atoms with Gasteiger partial charge in [-0.2, -0.15) is 8.78 Å².